The lowest BCUT2D eigenvalue weighted by molar-refractivity contribution is 0.310. The van der Waals surface area contributed by atoms with Crippen molar-refractivity contribution in [2.75, 3.05) is 0 Å². The average molecular weight is 383 g/mol. The van der Waals surface area contributed by atoms with Crippen LogP contribution in [0, 0.1) is 6.92 Å². The van der Waals surface area contributed by atoms with Crippen molar-refractivity contribution in [2.24, 2.45) is 0 Å². The Balaban J connectivity index is 1.76. The van der Waals surface area contributed by atoms with Gasteiger partial charge in [-0.15, -0.1) is 0 Å². The van der Waals surface area contributed by atoms with Crippen LogP contribution in [0.25, 0.3) is 22.2 Å². The van der Waals surface area contributed by atoms with Crippen LogP contribution >= 0.6 is 0 Å². The van der Waals surface area contributed by atoms with Crippen molar-refractivity contribution in [3.8, 4) is 17.0 Å². The summed E-state index contributed by atoms with van der Waals surface area (Å²) < 4.78 is 6.22. The Morgan fingerprint density at radius 2 is 1.72 bits per heavy atom. The fourth-order valence-electron chi connectivity index (χ4n) is 3.46. The third-order valence-corrected chi connectivity index (χ3v) is 5.18. The van der Waals surface area contributed by atoms with Crippen molar-refractivity contribution in [3.05, 3.63) is 89.7 Å². The van der Waals surface area contributed by atoms with Gasteiger partial charge in [0.1, 0.15) is 12.4 Å². The molecule has 0 saturated carbocycles. The van der Waals surface area contributed by atoms with Crippen LogP contribution in [-0.4, -0.2) is 9.97 Å². The minimum absolute atomic E-state index is 0.119. The van der Waals surface area contributed by atoms with Gasteiger partial charge in [0.05, 0.1) is 17.4 Å². The Morgan fingerprint density at radius 1 is 0.931 bits per heavy atom. The highest BCUT2D eigenvalue weighted by Crippen LogP contribution is 2.33. The molecular weight excluding hydrogens is 356 g/mol. The van der Waals surface area contributed by atoms with E-state index in [9.17, 15) is 0 Å². The fraction of sp³-hybridized carbons (Fsp3) is 0.231. The van der Waals surface area contributed by atoms with E-state index in [4.69, 9.17) is 9.72 Å². The highest BCUT2D eigenvalue weighted by Gasteiger charge is 2.16. The van der Waals surface area contributed by atoms with E-state index < -0.39 is 0 Å². The highest BCUT2D eigenvalue weighted by molar-refractivity contribution is 5.87. The minimum Gasteiger partial charge on any atom is -0.488 e. The smallest absolute Gasteiger partial charge is 0.131 e. The summed E-state index contributed by atoms with van der Waals surface area (Å²) in [7, 11) is 0. The highest BCUT2D eigenvalue weighted by atomic mass is 16.5. The number of ether oxygens (including phenoxy) is 1. The van der Waals surface area contributed by atoms with Crippen molar-refractivity contribution in [3.63, 3.8) is 0 Å². The van der Waals surface area contributed by atoms with Gasteiger partial charge in [-0.1, -0.05) is 69.3 Å². The summed E-state index contributed by atoms with van der Waals surface area (Å²) in [6.45, 7) is 9.36. The molecule has 4 rings (SSSR count). The van der Waals surface area contributed by atoms with Gasteiger partial charge in [0.25, 0.3) is 0 Å². The van der Waals surface area contributed by atoms with E-state index in [1.54, 1.807) is 12.4 Å². The summed E-state index contributed by atoms with van der Waals surface area (Å²) >= 11 is 0. The zero-order valence-corrected chi connectivity index (χ0v) is 17.4. The average Bonchev–Trinajstić information content (AvgIpc) is 2.72. The quantitative estimate of drug-likeness (QED) is 0.405. The molecule has 0 atom stereocenters. The van der Waals surface area contributed by atoms with Gasteiger partial charge in [0, 0.05) is 23.2 Å². The van der Waals surface area contributed by atoms with E-state index in [-0.39, 0.29) is 5.41 Å². The number of nitrogens with zero attached hydrogens (tertiary/aromatic N) is 2. The topological polar surface area (TPSA) is 35.0 Å². The van der Waals surface area contributed by atoms with Crippen molar-refractivity contribution in [1.82, 2.24) is 9.97 Å². The van der Waals surface area contributed by atoms with Crippen LogP contribution in [0.2, 0.25) is 0 Å². The van der Waals surface area contributed by atoms with Crippen LogP contribution in [0.1, 0.15) is 37.5 Å². The maximum atomic E-state index is 6.22. The first-order chi connectivity index (χ1) is 13.9. The second-order valence-corrected chi connectivity index (χ2v) is 8.45. The standard InChI is InChI=1S/C26H26N2O/c1-18-14-20(26(2,3)4)10-11-21(18)23-15-25(22-12-13-27-16-24(22)28-23)29-17-19-8-6-5-7-9-19/h5-16H,17H2,1-4H3. The second kappa shape index (κ2) is 7.67. The molecule has 0 unspecified atom stereocenters. The zero-order chi connectivity index (χ0) is 20.4. The molecule has 29 heavy (non-hydrogen) atoms. The fourth-order valence-corrected chi connectivity index (χ4v) is 3.46. The molecule has 3 nitrogen and oxygen atoms in total. The summed E-state index contributed by atoms with van der Waals surface area (Å²) in [4.78, 5) is 9.13. The van der Waals surface area contributed by atoms with Crippen LogP contribution in [-0.2, 0) is 12.0 Å². The molecule has 0 N–H and O–H groups in total. The maximum absolute atomic E-state index is 6.22. The normalized spacial score (nSPS) is 11.6. The largest absolute Gasteiger partial charge is 0.488 e. The lowest BCUT2D eigenvalue weighted by Gasteiger charge is -2.20. The first-order valence-corrected chi connectivity index (χ1v) is 9.95. The molecule has 4 aromatic rings. The van der Waals surface area contributed by atoms with E-state index in [1.165, 1.54) is 11.1 Å². The molecule has 0 bridgehead atoms. The molecule has 0 aliphatic heterocycles. The lowest BCUT2D eigenvalue weighted by Crippen LogP contribution is -2.11. The van der Waals surface area contributed by atoms with Crippen LogP contribution in [0.5, 0.6) is 5.75 Å². The van der Waals surface area contributed by atoms with Gasteiger partial charge in [-0.2, -0.15) is 0 Å². The Labute approximate surface area is 172 Å². The molecule has 0 spiro atoms. The number of fused-ring (bicyclic) bond motifs is 1. The Morgan fingerprint density at radius 3 is 2.45 bits per heavy atom. The molecule has 2 aromatic heterocycles. The molecule has 0 fully saturated rings. The third kappa shape index (κ3) is 4.14. The van der Waals surface area contributed by atoms with E-state index in [0.717, 1.165) is 33.5 Å². The van der Waals surface area contributed by atoms with Gasteiger partial charge in [-0.3, -0.25) is 4.98 Å². The molecule has 0 amide bonds. The number of hydrogen-bond acceptors (Lipinski definition) is 3. The van der Waals surface area contributed by atoms with Crippen molar-refractivity contribution in [1.29, 1.82) is 0 Å². The zero-order valence-electron chi connectivity index (χ0n) is 17.4. The maximum Gasteiger partial charge on any atom is 0.131 e. The molecular formula is C26H26N2O. The number of hydrogen-bond donors (Lipinski definition) is 0. The summed E-state index contributed by atoms with van der Waals surface area (Å²) in [5, 5.41) is 0.976. The van der Waals surface area contributed by atoms with Crippen molar-refractivity contribution < 1.29 is 4.74 Å². The summed E-state index contributed by atoms with van der Waals surface area (Å²) in [5.74, 6) is 0.829. The number of pyridine rings is 2. The summed E-state index contributed by atoms with van der Waals surface area (Å²) in [6.07, 6.45) is 3.58. The van der Waals surface area contributed by atoms with Gasteiger partial charge in [-0.25, -0.2) is 4.98 Å². The molecule has 0 radical (unpaired) electrons. The van der Waals surface area contributed by atoms with E-state index in [1.807, 2.05) is 30.3 Å². The lowest BCUT2D eigenvalue weighted by atomic mass is 9.85. The van der Waals surface area contributed by atoms with E-state index in [0.29, 0.717) is 6.61 Å². The van der Waals surface area contributed by atoms with Gasteiger partial charge >= 0.3 is 0 Å². The van der Waals surface area contributed by atoms with Crippen LogP contribution in [0.3, 0.4) is 0 Å². The third-order valence-electron chi connectivity index (χ3n) is 5.18. The van der Waals surface area contributed by atoms with Gasteiger partial charge in [-0.05, 0) is 35.1 Å². The number of aryl methyl sites for hydroxylation is 1. The van der Waals surface area contributed by atoms with Gasteiger partial charge in [0.2, 0.25) is 0 Å². The SMILES string of the molecule is Cc1cc(C(C)(C)C)ccc1-c1cc(OCc2ccccc2)c2ccncc2n1. The molecule has 0 aliphatic carbocycles. The second-order valence-electron chi connectivity index (χ2n) is 8.45. The van der Waals surface area contributed by atoms with Crippen LogP contribution < -0.4 is 4.74 Å². The van der Waals surface area contributed by atoms with E-state index in [2.05, 4.69) is 63.0 Å². The Bertz CT molecular complexity index is 1140. The molecule has 3 heteroatoms. The number of aromatic nitrogens is 2. The monoisotopic (exact) mass is 382 g/mol. The predicted molar refractivity (Wildman–Crippen MR) is 119 cm³/mol. The Kier molecular flexibility index (Phi) is 5.06. The first kappa shape index (κ1) is 19.1. The van der Waals surface area contributed by atoms with Crippen LogP contribution in [0.15, 0.2) is 73.1 Å². The minimum atomic E-state index is 0.119. The summed E-state index contributed by atoms with van der Waals surface area (Å²) in [6, 6.07) is 20.8. The summed E-state index contributed by atoms with van der Waals surface area (Å²) in [5.41, 5.74) is 6.66. The first-order valence-electron chi connectivity index (χ1n) is 9.95. The molecule has 0 aliphatic rings. The molecule has 2 aromatic carbocycles. The number of rotatable bonds is 4. The predicted octanol–water partition coefficient (Wildman–Crippen LogP) is 6.48. The van der Waals surface area contributed by atoms with Gasteiger partial charge < -0.3 is 4.74 Å². The number of benzene rings is 2. The van der Waals surface area contributed by atoms with Gasteiger partial charge in [0.15, 0.2) is 0 Å². The van der Waals surface area contributed by atoms with Crippen molar-refractivity contribution in [2.45, 2.75) is 39.7 Å². The van der Waals surface area contributed by atoms with E-state index >= 15 is 0 Å². The molecule has 146 valence electrons. The van der Waals surface area contributed by atoms with Crippen LogP contribution in [0.4, 0.5) is 0 Å². The molecule has 2 heterocycles. The molecule has 0 saturated heterocycles. The Hall–Kier alpha value is -3.20. The van der Waals surface area contributed by atoms with Crippen molar-refractivity contribution >= 4 is 10.9 Å².